The van der Waals surface area contributed by atoms with Gasteiger partial charge in [0.2, 0.25) is 5.91 Å². The first-order chi connectivity index (χ1) is 15.9. The minimum Gasteiger partial charge on any atom is -0.372 e. The van der Waals surface area contributed by atoms with Crippen molar-refractivity contribution in [3.05, 3.63) is 53.8 Å². The highest BCUT2D eigenvalue weighted by atomic mass is 32.2. The standard InChI is InChI=1S/C25H32FN5OS/c1-6-30(7-2)20-13-14-21(22(26)15-20)24-28-29-25(31(24)8-3)33-16-23(32)27-19-11-9-18(10-12-19)17(4)5/h9-15,17H,6-8,16H2,1-5H3,(H,27,32). The molecule has 1 N–H and O–H groups in total. The van der Waals surface area contributed by atoms with Crippen LogP contribution in [-0.4, -0.2) is 39.5 Å². The number of rotatable bonds is 10. The van der Waals surface area contributed by atoms with E-state index >= 15 is 0 Å². The first kappa shape index (κ1) is 24.8. The van der Waals surface area contributed by atoms with Crippen LogP contribution < -0.4 is 10.2 Å². The van der Waals surface area contributed by atoms with Gasteiger partial charge in [-0.1, -0.05) is 37.7 Å². The van der Waals surface area contributed by atoms with Gasteiger partial charge >= 0.3 is 0 Å². The van der Waals surface area contributed by atoms with Gasteiger partial charge in [0.15, 0.2) is 11.0 Å². The van der Waals surface area contributed by atoms with Gasteiger partial charge in [-0.2, -0.15) is 0 Å². The second-order valence-electron chi connectivity index (χ2n) is 8.00. The minimum atomic E-state index is -0.333. The lowest BCUT2D eigenvalue weighted by atomic mass is 10.0. The maximum atomic E-state index is 15.0. The lowest BCUT2D eigenvalue weighted by Crippen LogP contribution is -2.21. The van der Waals surface area contributed by atoms with Crippen LogP contribution in [0.25, 0.3) is 11.4 Å². The van der Waals surface area contributed by atoms with Crippen LogP contribution in [0.5, 0.6) is 0 Å². The molecule has 8 heteroatoms. The summed E-state index contributed by atoms with van der Waals surface area (Å²) >= 11 is 1.29. The van der Waals surface area contributed by atoms with E-state index in [-0.39, 0.29) is 17.5 Å². The van der Waals surface area contributed by atoms with E-state index in [1.807, 2.05) is 55.7 Å². The Balaban J connectivity index is 1.70. The van der Waals surface area contributed by atoms with Gasteiger partial charge in [-0.25, -0.2) is 4.39 Å². The molecule has 0 radical (unpaired) electrons. The zero-order valence-corrected chi connectivity index (χ0v) is 20.7. The second kappa shape index (κ2) is 11.3. The maximum absolute atomic E-state index is 15.0. The number of anilines is 2. The Bertz CT molecular complexity index is 1080. The quantitative estimate of drug-likeness (QED) is 0.380. The molecule has 3 aromatic rings. The Morgan fingerprint density at radius 2 is 1.79 bits per heavy atom. The molecule has 0 aliphatic heterocycles. The van der Waals surface area contributed by atoms with Gasteiger partial charge in [-0.05, 0) is 62.6 Å². The number of aromatic nitrogens is 3. The molecule has 0 atom stereocenters. The van der Waals surface area contributed by atoms with Gasteiger partial charge in [0.25, 0.3) is 0 Å². The lowest BCUT2D eigenvalue weighted by Gasteiger charge is -2.21. The number of carbonyl (C=O) groups excluding carboxylic acids is 1. The monoisotopic (exact) mass is 469 g/mol. The van der Waals surface area contributed by atoms with Crippen LogP contribution in [0, 0.1) is 5.82 Å². The zero-order valence-electron chi connectivity index (χ0n) is 19.9. The van der Waals surface area contributed by atoms with E-state index in [0.29, 0.717) is 29.0 Å². The molecule has 1 heterocycles. The largest absolute Gasteiger partial charge is 0.372 e. The first-order valence-corrected chi connectivity index (χ1v) is 12.4. The van der Waals surface area contributed by atoms with Gasteiger partial charge in [-0.3, -0.25) is 4.79 Å². The predicted molar refractivity (Wildman–Crippen MR) is 135 cm³/mol. The summed E-state index contributed by atoms with van der Waals surface area (Å²) in [6.07, 6.45) is 0. The summed E-state index contributed by atoms with van der Waals surface area (Å²) in [6, 6.07) is 13.1. The Morgan fingerprint density at radius 1 is 1.09 bits per heavy atom. The third kappa shape index (κ3) is 5.93. The third-order valence-corrected chi connectivity index (χ3v) is 6.52. The van der Waals surface area contributed by atoms with Crippen LogP contribution in [0.2, 0.25) is 0 Å². The fraction of sp³-hybridized carbons (Fsp3) is 0.400. The molecule has 0 aliphatic carbocycles. The molecule has 2 aromatic carbocycles. The van der Waals surface area contributed by atoms with Crippen molar-refractivity contribution in [2.45, 2.75) is 52.2 Å². The van der Waals surface area contributed by atoms with Crippen LogP contribution in [0.4, 0.5) is 15.8 Å². The maximum Gasteiger partial charge on any atom is 0.234 e. The number of amides is 1. The lowest BCUT2D eigenvalue weighted by molar-refractivity contribution is -0.113. The summed E-state index contributed by atoms with van der Waals surface area (Å²) in [5.41, 5.74) is 3.24. The normalized spacial score (nSPS) is 11.1. The SMILES string of the molecule is CCN(CC)c1ccc(-c2nnc(SCC(=O)Nc3ccc(C(C)C)cc3)n2CC)c(F)c1. The van der Waals surface area contributed by atoms with Crippen LogP contribution in [0.3, 0.4) is 0 Å². The number of hydrogen-bond donors (Lipinski definition) is 1. The summed E-state index contributed by atoms with van der Waals surface area (Å²) in [7, 11) is 0. The molecule has 0 aliphatic rings. The van der Waals surface area contributed by atoms with E-state index in [9.17, 15) is 9.18 Å². The number of halogens is 1. The number of benzene rings is 2. The van der Waals surface area contributed by atoms with Gasteiger partial charge < -0.3 is 14.8 Å². The van der Waals surface area contributed by atoms with Gasteiger partial charge in [-0.15, -0.1) is 10.2 Å². The molecule has 1 aromatic heterocycles. The Labute approximate surface area is 199 Å². The van der Waals surface area contributed by atoms with Crippen molar-refractivity contribution in [1.82, 2.24) is 14.8 Å². The van der Waals surface area contributed by atoms with E-state index in [0.717, 1.165) is 24.5 Å². The predicted octanol–water partition coefficient (Wildman–Crippen LogP) is 5.80. The van der Waals surface area contributed by atoms with Crippen molar-refractivity contribution in [1.29, 1.82) is 0 Å². The highest BCUT2D eigenvalue weighted by Crippen LogP contribution is 2.29. The van der Waals surface area contributed by atoms with Gasteiger partial charge in [0, 0.05) is 31.0 Å². The molecule has 0 spiro atoms. The van der Waals surface area contributed by atoms with Crippen molar-refractivity contribution in [2.24, 2.45) is 0 Å². The number of carbonyl (C=O) groups is 1. The fourth-order valence-corrected chi connectivity index (χ4v) is 4.43. The van der Waals surface area contributed by atoms with Gasteiger partial charge in [0.05, 0.1) is 11.3 Å². The first-order valence-electron chi connectivity index (χ1n) is 11.4. The summed E-state index contributed by atoms with van der Waals surface area (Å²) in [4.78, 5) is 14.5. The van der Waals surface area contributed by atoms with Crippen LogP contribution >= 0.6 is 11.8 Å². The number of thioether (sulfide) groups is 1. The zero-order chi connectivity index (χ0) is 24.0. The van der Waals surface area contributed by atoms with E-state index in [1.165, 1.54) is 17.3 Å². The van der Waals surface area contributed by atoms with Crippen molar-refractivity contribution < 1.29 is 9.18 Å². The van der Waals surface area contributed by atoms with E-state index in [1.54, 1.807) is 12.1 Å². The van der Waals surface area contributed by atoms with E-state index in [2.05, 4.69) is 34.3 Å². The number of nitrogens with zero attached hydrogens (tertiary/aromatic N) is 4. The van der Waals surface area contributed by atoms with Crippen molar-refractivity contribution in [3.63, 3.8) is 0 Å². The van der Waals surface area contributed by atoms with Crippen molar-refractivity contribution >= 4 is 29.0 Å². The number of hydrogen-bond acceptors (Lipinski definition) is 5. The molecular formula is C25H32FN5OS. The number of nitrogens with one attached hydrogen (secondary N) is 1. The highest BCUT2D eigenvalue weighted by Gasteiger charge is 2.18. The summed E-state index contributed by atoms with van der Waals surface area (Å²) in [5, 5.41) is 11.9. The second-order valence-corrected chi connectivity index (χ2v) is 8.94. The average molecular weight is 470 g/mol. The molecule has 33 heavy (non-hydrogen) atoms. The summed E-state index contributed by atoms with van der Waals surface area (Å²) in [5.74, 6) is 0.638. The Hall–Kier alpha value is -2.87. The minimum absolute atomic E-state index is 0.126. The molecule has 0 unspecified atom stereocenters. The van der Waals surface area contributed by atoms with Crippen molar-refractivity contribution in [2.75, 3.05) is 29.1 Å². The smallest absolute Gasteiger partial charge is 0.234 e. The third-order valence-electron chi connectivity index (χ3n) is 5.55. The van der Waals surface area contributed by atoms with Crippen LogP contribution in [0.15, 0.2) is 47.6 Å². The highest BCUT2D eigenvalue weighted by molar-refractivity contribution is 7.99. The van der Waals surface area contributed by atoms with E-state index in [4.69, 9.17) is 0 Å². The molecule has 176 valence electrons. The molecule has 6 nitrogen and oxygen atoms in total. The molecule has 0 bridgehead atoms. The topological polar surface area (TPSA) is 63.1 Å². The Morgan fingerprint density at radius 3 is 2.36 bits per heavy atom. The molecule has 0 saturated carbocycles. The molecule has 3 rings (SSSR count). The fourth-order valence-electron chi connectivity index (χ4n) is 3.63. The molecule has 1 amide bonds. The molecular weight excluding hydrogens is 437 g/mol. The van der Waals surface area contributed by atoms with Crippen LogP contribution in [-0.2, 0) is 11.3 Å². The van der Waals surface area contributed by atoms with Crippen LogP contribution in [0.1, 0.15) is 46.1 Å². The average Bonchev–Trinajstić information content (AvgIpc) is 3.21. The Kier molecular flexibility index (Phi) is 8.49. The summed E-state index contributed by atoms with van der Waals surface area (Å²) in [6.45, 7) is 12.5. The van der Waals surface area contributed by atoms with E-state index < -0.39 is 0 Å². The van der Waals surface area contributed by atoms with Gasteiger partial charge in [0.1, 0.15) is 5.82 Å². The molecule has 0 saturated heterocycles. The van der Waals surface area contributed by atoms with Crippen molar-refractivity contribution in [3.8, 4) is 11.4 Å². The molecule has 0 fully saturated rings. The summed E-state index contributed by atoms with van der Waals surface area (Å²) < 4.78 is 16.8.